The fourth-order valence-electron chi connectivity index (χ4n) is 1.79. The highest BCUT2D eigenvalue weighted by Crippen LogP contribution is 2.36. The molecule has 4 rings (SSSR count). The Morgan fingerprint density at radius 1 is 0.750 bits per heavy atom. The van der Waals surface area contributed by atoms with Gasteiger partial charge in [-0.05, 0) is 10.1 Å². The molecular formula is C2H15IN13O12+5. The van der Waals surface area contributed by atoms with Crippen LogP contribution in [0.2, 0.25) is 0 Å². The molecule has 4 fully saturated rings. The van der Waals surface area contributed by atoms with E-state index >= 15 is 0 Å². The van der Waals surface area contributed by atoms with Gasteiger partial charge in [0.25, 0.3) is 20.9 Å². The number of nitrogens with two attached hydrogens (primary N) is 5. The van der Waals surface area contributed by atoms with Gasteiger partial charge >= 0.3 is 5.08 Å². The van der Waals surface area contributed by atoms with Crippen molar-refractivity contribution in [1.29, 1.82) is 0 Å². The molecule has 4 aliphatic rings. The minimum Gasteiger partial charge on any atom is -0.209 e. The maximum atomic E-state index is 5.79. The zero-order chi connectivity index (χ0) is 20.4. The van der Waals surface area contributed by atoms with Crippen LogP contribution in [-0.4, -0.2) is 48.0 Å². The first-order valence-corrected chi connectivity index (χ1v) is 7.55. The summed E-state index contributed by atoms with van der Waals surface area (Å²) in [5.41, 5.74) is 0. The standard InChI is InChI=1S/C2H15IN13O12/c1-2-12-20-10-22-13(5,17-3)23-11(21-12)25-15(7)19-9(4)18-14(6,24-10)27-16(8,26-12)28-15/h2,4-8H2,1H3/q+5. The van der Waals surface area contributed by atoms with E-state index in [-0.39, 0.29) is 22.7 Å². The third-order valence-electron chi connectivity index (χ3n) is 2.67. The van der Waals surface area contributed by atoms with E-state index in [1.54, 1.807) is 0 Å². The lowest BCUT2D eigenvalue weighted by molar-refractivity contribution is -1.76. The van der Waals surface area contributed by atoms with Crippen LogP contribution in [0.3, 0.4) is 0 Å². The lowest BCUT2D eigenvalue weighted by Gasteiger charge is -2.39. The van der Waals surface area contributed by atoms with Crippen molar-refractivity contribution < 1.29 is 82.8 Å². The van der Waals surface area contributed by atoms with Crippen molar-refractivity contribution in [2.45, 2.75) is 6.92 Å². The third-order valence-corrected chi connectivity index (χ3v) is 3.22. The summed E-state index contributed by atoms with van der Waals surface area (Å²) in [6.45, 7) is 1.20. The van der Waals surface area contributed by atoms with E-state index in [1.807, 2.05) is 0 Å². The van der Waals surface area contributed by atoms with E-state index < -0.39 is 25.3 Å². The Kier molecular flexibility index (Phi) is 4.96. The number of nitrogens with zero attached hydrogens (tertiary/aromatic N) is 8. The van der Waals surface area contributed by atoms with Gasteiger partial charge in [0.05, 0.1) is 19.8 Å². The zero-order valence-electron chi connectivity index (χ0n) is 13.4. The highest BCUT2D eigenvalue weighted by atomic mass is 127. The predicted octanol–water partition coefficient (Wildman–Crippen LogP) is -4.99. The largest absolute Gasteiger partial charge is 0.356 e. The molecule has 10 N–H and O–H groups in total. The van der Waals surface area contributed by atoms with Gasteiger partial charge in [0, 0.05) is 19.8 Å². The molecule has 0 saturated carbocycles. The molecule has 4 unspecified atom stereocenters. The summed E-state index contributed by atoms with van der Waals surface area (Å²) in [5.74, 6) is 28.2. The minimum absolute atomic E-state index is 0.0185. The second-order valence-corrected chi connectivity index (χ2v) is 5.18. The van der Waals surface area contributed by atoms with Crippen molar-refractivity contribution >= 4 is 23.0 Å². The van der Waals surface area contributed by atoms with Crippen LogP contribution in [0.4, 0.5) is 0 Å². The summed E-state index contributed by atoms with van der Waals surface area (Å²) in [7, 11) is 0. The molecule has 4 heterocycles. The Morgan fingerprint density at radius 2 is 1.25 bits per heavy atom. The number of quaternary nitrogens is 5. The van der Waals surface area contributed by atoms with Crippen molar-refractivity contribution in [3.63, 3.8) is 0 Å². The molecule has 25 nitrogen and oxygen atoms in total. The molecule has 0 radical (unpaired) electrons. The van der Waals surface area contributed by atoms with E-state index in [2.05, 4.69) is 0 Å². The fourth-order valence-corrected chi connectivity index (χ4v) is 1.93. The Balaban J connectivity index is 1.86. The molecule has 0 aromatic heterocycles. The monoisotopic (exact) mass is 540 g/mol. The van der Waals surface area contributed by atoms with Gasteiger partial charge in [0.1, 0.15) is 5.34 Å². The van der Waals surface area contributed by atoms with Gasteiger partial charge in [-0.15, -0.1) is 0 Å². The first-order valence-electron chi connectivity index (χ1n) is 6.67. The lowest BCUT2D eigenvalue weighted by atomic mass is 10.8. The molecule has 0 aromatic carbocycles. The smallest absolute Gasteiger partial charge is 0.209 e. The summed E-state index contributed by atoms with van der Waals surface area (Å²) in [6, 6.07) is 0. The molecule has 0 aliphatic carbocycles. The fraction of sp³-hybridized carbons (Fsp3) is 1.00. The number of hydrogen-bond acceptors (Lipinski definition) is 20. The summed E-state index contributed by atoms with van der Waals surface area (Å²) in [4.78, 5) is 53.7. The molecule has 162 valence electrons. The molecule has 4 atom stereocenters. The number of hydrazine groups is 1. The summed E-state index contributed by atoms with van der Waals surface area (Å²) < 4.78 is 4.73. The lowest BCUT2D eigenvalue weighted by Crippen LogP contribution is -2.84. The van der Waals surface area contributed by atoms with Gasteiger partial charge in [-0.2, -0.15) is 0 Å². The highest BCUT2D eigenvalue weighted by Gasteiger charge is 2.77. The molecule has 28 heavy (non-hydrogen) atoms. The van der Waals surface area contributed by atoms with E-state index in [0.717, 1.165) is 0 Å². The number of hydroxylamine groups is 3. The van der Waals surface area contributed by atoms with Crippen molar-refractivity contribution in [3.8, 4) is 0 Å². The zero-order valence-corrected chi connectivity index (χ0v) is 15.6. The van der Waals surface area contributed by atoms with E-state index in [1.165, 1.54) is 29.9 Å². The van der Waals surface area contributed by atoms with E-state index in [4.69, 9.17) is 86.7 Å². The van der Waals surface area contributed by atoms with Crippen molar-refractivity contribution in [2.24, 2.45) is 29.2 Å². The molecule has 4 saturated heterocycles. The summed E-state index contributed by atoms with van der Waals surface area (Å²) in [5, 5.41) is -7.98. The molecule has 0 aromatic rings. The topological polar surface area (TPSA) is 251 Å². The van der Waals surface area contributed by atoms with Crippen LogP contribution < -0.4 is 29.2 Å². The van der Waals surface area contributed by atoms with Gasteiger partial charge < -0.3 is 0 Å². The van der Waals surface area contributed by atoms with E-state index in [9.17, 15) is 0 Å². The Morgan fingerprint density at radius 3 is 1.68 bits per heavy atom. The number of halogens is 1. The normalized spacial score (nSPS) is 55.0. The first kappa shape index (κ1) is 21.0. The number of fused-ring (bicyclic) bond motifs is 4. The van der Waals surface area contributed by atoms with Crippen LogP contribution in [0.1, 0.15) is 6.92 Å². The molecule has 26 heteroatoms. The highest BCUT2D eigenvalue weighted by molar-refractivity contribution is 14.1. The van der Waals surface area contributed by atoms with Crippen molar-refractivity contribution in [2.75, 3.05) is 6.54 Å². The summed E-state index contributed by atoms with van der Waals surface area (Å²) >= 11 is 1.26. The van der Waals surface area contributed by atoms with Gasteiger partial charge in [0.2, 0.25) is 33.1 Å². The average molecular weight is 540 g/mol. The maximum Gasteiger partial charge on any atom is 0.356 e. The molecule has 0 spiro atoms. The van der Waals surface area contributed by atoms with Gasteiger partial charge in [-0.1, -0.05) is 23.4 Å². The number of rotatable bonds is 2. The van der Waals surface area contributed by atoms with E-state index in [0.29, 0.717) is 0 Å². The Hall–Kier alpha value is -0.270. The van der Waals surface area contributed by atoms with Gasteiger partial charge in [-0.25, -0.2) is 5.84 Å². The maximum absolute atomic E-state index is 5.79. The van der Waals surface area contributed by atoms with Crippen LogP contribution in [0.5, 0.6) is 0 Å². The number of hydrogen-bond donors (Lipinski definition) is 5. The Labute approximate surface area is 165 Å². The van der Waals surface area contributed by atoms with Gasteiger partial charge in [0.15, 0.2) is 21.4 Å². The van der Waals surface area contributed by atoms with Crippen molar-refractivity contribution in [3.05, 3.63) is 0 Å². The van der Waals surface area contributed by atoms with Crippen LogP contribution in [0, 0.1) is 0 Å². The molecule has 6 bridgehead atoms. The van der Waals surface area contributed by atoms with Crippen LogP contribution in [0.25, 0.3) is 0 Å². The quantitative estimate of drug-likeness (QED) is 0.125. The summed E-state index contributed by atoms with van der Waals surface area (Å²) in [6.07, 6.45) is 0. The SMILES string of the molecule is CC[N+]12ON3O[N+](N)(OI)ON(O[N+]4(N)ON(N)O[N+](N)(O3)O[N+](N)(O4)O1)O2. The predicted molar refractivity (Wildman–Crippen MR) is 65.3 cm³/mol. The van der Waals surface area contributed by atoms with Crippen molar-refractivity contribution in [1.82, 2.24) is 16.1 Å². The average Bonchev–Trinajstić information content (AvgIpc) is 2.47. The molecule has 4 aliphatic heterocycles. The molecular weight excluding hydrogens is 525 g/mol. The molecule has 0 amide bonds. The van der Waals surface area contributed by atoms with Crippen LogP contribution in [0.15, 0.2) is 0 Å². The second kappa shape index (κ2) is 6.61. The minimum atomic E-state index is -2.07. The Bertz CT molecular complexity index is 592. The third kappa shape index (κ3) is 3.87. The second-order valence-electron chi connectivity index (χ2n) is 4.79. The van der Waals surface area contributed by atoms with Crippen LogP contribution in [-0.2, 0) is 57.5 Å². The first-order chi connectivity index (χ1) is 12.9. The van der Waals surface area contributed by atoms with Crippen LogP contribution >= 0.6 is 23.0 Å². The van der Waals surface area contributed by atoms with Gasteiger partial charge in [-0.3, -0.25) is 0 Å².